The molecule has 13 heavy (non-hydrogen) atoms. The van der Waals surface area contributed by atoms with Gasteiger partial charge in [-0.05, 0) is 6.07 Å². The molecule has 3 heteroatoms. The number of benzene rings is 1. The summed E-state index contributed by atoms with van der Waals surface area (Å²) < 4.78 is 5.21. The SMILES string of the molecule is CC1=N[C@@H](c2ccccc2O)CO1. The van der Waals surface area contributed by atoms with Crippen LogP contribution in [-0.4, -0.2) is 17.6 Å². The molecule has 1 heterocycles. The molecular formula is C10H11NO2. The largest absolute Gasteiger partial charge is 0.508 e. The Morgan fingerprint density at radius 2 is 2.23 bits per heavy atom. The molecule has 1 aromatic rings. The summed E-state index contributed by atoms with van der Waals surface area (Å²) in [5.41, 5.74) is 0.833. The molecule has 1 aromatic carbocycles. The number of ether oxygens (including phenoxy) is 1. The zero-order chi connectivity index (χ0) is 9.26. The average Bonchev–Trinajstić information content (AvgIpc) is 2.53. The summed E-state index contributed by atoms with van der Waals surface area (Å²) in [6.45, 7) is 2.35. The maximum Gasteiger partial charge on any atom is 0.180 e. The quantitative estimate of drug-likeness (QED) is 0.711. The summed E-state index contributed by atoms with van der Waals surface area (Å²) in [4.78, 5) is 4.25. The van der Waals surface area contributed by atoms with E-state index in [-0.39, 0.29) is 11.8 Å². The first-order valence-electron chi connectivity index (χ1n) is 4.22. The highest BCUT2D eigenvalue weighted by Gasteiger charge is 2.20. The molecule has 0 bridgehead atoms. The summed E-state index contributed by atoms with van der Waals surface area (Å²) in [6.07, 6.45) is 0. The highest BCUT2D eigenvalue weighted by molar-refractivity contribution is 5.75. The van der Waals surface area contributed by atoms with Crippen LogP contribution < -0.4 is 0 Å². The maximum absolute atomic E-state index is 9.53. The summed E-state index contributed by atoms with van der Waals surface area (Å²) in [5.74, 6) is 0.975. The van der Waals surface area contributed by atoms with Gasteiger partial charge in [0.25, 0.3) is 0 Å². The van der Waals surface area contributed by atoms with E-state index in [1.54, 1.807) is 12.1 Å². The van der Waals surface area contributed by atoms with Crippen molar-refractivity contribution in [1.82, 2.24) is 0 Å². The van der Waals surface area contributed by atoms with Crippen molar-refractivity contribution in [1.29, 1.82) is 0 Å². The van der Waals surface area contributed by atoms with Crippen LogP contribution in [0.3, 0.4) is 0 Å². The Morgan fingerprint density at radius 3 is 2.85 bits per heavy atom. The van der Waals surface area contributed by atoms with Gasteiger partial charge in [0.1, 0.15) is 18.4 Å². The number of rotatable bonds is 1. The third kappa shape index (κ3) is 1.49. The van der Waals surface area contributed by atoms with E-state index in [0.29, 0.717) is 12.5 Å². The summed E-state index contributed by atoms with van der Waals surface area (Å²) in [5, 5.41) is 9.53. The number of phenolic OH excluding ortho intramolecular Hbond substituents is 1. The van der Waals surface area contributed by atoms with Crippen LogP contribution in [-0.2, 0) is 4.74 Å². The van der Waals surface area contributed by atoms with Crippen LogP contribution >= 0.6 is 0 Å². The van der Waals surface area contributed by atoms with Gasteiger partial charge in [0.2, 0.25) is 0 Å². The van der Waals surface area contributed by atoms with Crippen LogP contribution in [0, 0.1) is 0 Å². The van der Waals surface area contributed by atoms with Crippen molar-refractivity contribution < 1.29 is 9.84 Å². The molecule has 0 radical (unpaired) electrons. The lowest BCUT2D eigenvalue weighted by molar-refractivity contribution is 0.314. The van der Waals surface area contributed by atoms with Crippen molar-refractivity contribution in [2.75, 3.05) is 6.61 Å². The molecule has 68 valence electrons. The molecule has 1 aliphatic rings. The molecular weight excluding hydrogens is 166 g/mol. The number of hydrogen-bond acceptors (Lipinski definition) is 3. The number of aromatic hydroxyl groups is 1. The van der Waals surface area contributed by atoms with Crippen LogP contribution in [0.1, 0.15) is 18.5 Å². The number of para-hydroxylation sites is 1. The van der Waals surface area contributed by atoms with Crippen LogP contribution in [0.15, 0.2) is 29.3 Å². The van der Waals surface area contributed by atoms with Gasteiger partial charge in [-0.3, -0.25) is 0 Å². The van der Waals surface area contributed by atoms with E-state index >= 15 is 0 Å². The van der Waals surface area contributed by atoms with Gasteiger partial charge in [0.15, 0.2) is 5.90 Å². The van der Waals surface area contributed by atoms with Crippen LogP contribution in [0.25, 0.3) is 0 Å². The van der Waals surface area contributed by atoms with E-state index in [2.05, 4.69) is 4.99 Å². The van der Waals surface area contributed by atoms with Crippen LogP contribution in [0.5, 0.6) is 5.75 Å². The number of nitrogens with zero attached hydrogens (tertiary/aromatic N) is 1. The Kier molecular flexibility index (Phi) is 1.93. The van der Waals surface area contributed by atoms with Crippen LogP contribution in [0.2, 0.25) is 0 Å². The lowest BCUT2D eigenvalue weighted by Crippen LogP contribution is -1.97. The van der Waals surface area contributed by atoms with Gasteiger partial charge < -0.3 is 9.84 Å². The predicted octanol–water partition coefficient (Wildman–Crippen LogP) is 1.88. The van der Waals surface area contributed by atoms with Crippen molar-refractivity contribution in [2.24, 2.45) is 4.99 Å². The van der Waals surface area contributed by atoms with E-state index < -0.39 is 0 Å². The third-order valence-corrected chi connectivity index (χ3v) is 2.08. The van der Waals surface area contributed by atoms with Crippen molar-refractivity contribution in [3.63, 3.8) is 0 Å². The first-order chi connectivity index (χ1) is 6.27. The molecule has 0 fully saturated rings. The number of hydrogen-bond donors (Lipinski definition) is 1. The van der Waals surface area contributed by atoms with E-state index in [4.69, 9.17) is 4.74 Å². The molecule has 1 atom stereocenters. The Balaban J connectivity index is 2.31. The minimum Gasteiger partial charge on any atom is -0.508 e. The van der Waals surface area contributed by atoms with Gasteiger partial charge in [-0.2, -0.15) is 0 Å². The van der Waals surface area contributed by atoms with Crippen LogP contribution in [0.4, 0.5) is 0 Å². The van der Waals surface area contributed by atoms with Crippen molar-refractivity contribution in [3.8, 4) is 5.75 Å². The lowest BCUT2D eigenvalue weighted by Gasteiger charge is -2.06. The summed E-state index contributed by atoms with van der Waals surface area (Å²) in [7, 11) is 0. The van der Waals surface area contributed by atoms with Gasteiger partial charge in [-0.1, -0.05) is 18.2 Å². The predicted molar refractivity (Wildman–Crippen MR) is 49.9 cm³/mol. The molecule has 3 nitrogen and oxygen atoms in total. The molecule has 1 N–H and O–H groups in total. The fourth-order valence-corrected chi connectivity index (χ4v) is 1.42. The number of phenols is 1. The lowest BCUT2D eigenvalue weighted by atomic mass is 10.1. The standard InChI is InChI=1S/C10H11NO2/c1-7-11-9(6-13-7)8-4-2-3-5-10(8)12/h2-5,9,12H,6H2,1H3/t9-/m1/s1. The van der Waals surface area contributed by atoms with Gasteiger partial charge >= 0.3 is 0 Å². The minimum absolute atomic E-state index is 0.0406. The second-order valence-electron chi connectivity index (χ2n) is 3.03. The molecule has 0 aromatic heterocycles. The first-order valence-corrected chi connectivity index (χ1v) is 4.22. The zero-order valence-corrected chi connectivity index (χ0v) is 7.40. The van der Waals surface area contributed by atoms with Gasteiger partial charge in [-0.25, -0.2) is 4.99 Å². The Hall–Kier alpha value is -1.51. The highest BCUT2D eigenvalue weighted by Crippen LogP contribution is 2.29. The zero-order valence-electron chi connectivity index (χ0n) is 7.40. The second kappa shape index (κ2) is 3.09. The average molecular weight is 177 g/mol. The van der Waals surface area contributed by atoms with Crippen molar-refractivity contribution in [3.05, 3.63) is 29.8 Å². The second-order valence-corrected chi connectivity index (χ2v) is 3.03. The van der Waals surface area contributed by atoms with Gasteiger partial charge in [0.05, 0.1) is 0 Å². The van der Waals surface area contributed by atoms with E-state index in [1.165, 1.54) is 0 Å². The molecule has 2 rings (SSSR count). The first kappa shape index (κ1) is 8.10. The van der Waals surface area contributed by atoms with E-state index in [9.17, 15) is 5.11 Å². The third-order valence-electron chi connectivity index (χ3n) is 2.08. The molecule has 0 aliphatic carbocycles. The minimum atomic E-state index is -0.0406. The van der Waals surface area contributed by atoms with Gasteiger partial charge in [0, 0.05) is 12.5 Å². The van der Waals surface area contributed by atoms with Crippen molar-refractivity contribution >= 4 is 5.90 Å². The molecule has 0 spiro atoms. The Morgan fingerprint density at radius 1 is 1.46 bits per heavy atom. The van der Waals surface area contributed by atoms with E-state index in [1.807, 2.05) is 19.1 Å². The maximum atomic E-state index is 9.53. The molecule has 1 aliphatic heterocycles. The highest BCUT2D eigenvalue weighted by atomic mass is 16.5. The van der Waals surface area contributed by atoms with Gasteiger partial charge in [-0.15, -0.1) is 0 Å². The van der Waals surface area contributed by atoms with Crippen molar-refractivity contribution in [2.45, 2.75) is 13.0 Å². The monoisotopic (exact) mass is 177 g/mol. The molecule has 0 amide bonds. The Bertz CT molecular complexity index is 347. The summed E-state index contributed by atoms with van der Waals surface area (Å²) >= 11 is 0. The fourth-order valence-electron chi connectivity index (χ4n) is 1.42. The normalized spacial score (nSPS) is 21.0. The Labute approximate surface area is 76.7 Å². The molecule has 0 saturated heterocycles. The molecule has 0 saturated carbocycles. The number of aliphatic imine (C=N–C) groups is 1. The fraction of sp³-hybridized carbons (Fsp3) is 0.300. The molecule has 0 unspecified atom stereocenters. The summed E-state index contributed by atoms with van der Waals surface area (Å²) in [6, 6.07) is 7.18. The topological polar surface area (TPSA) is 41.8 Å². The van der Waals surface area contributed by atoms with E-state index in [0.717, 1.165) is 5.56 Å². The smallest absolute Gasteiger partial charge is 0.180 e.